The first-order valence-electron chi connectivity index (χ1n) is 7.90. The van der Waals surface area contributed by atoms with Gasteiger partial charge in [-0.2, -0.15) is 0 Å². The van der Waals surface area contributed by atoms with Gasteiger partial charge in [-0.3, -0.25) is 8.87 Å². The number of sulfonamides is 1. The minimum absolute atomic E-state index is 0.0456. The summed E-state index contributed by atoms with van der Waals surface area (Å²) in [4.78, 5) is 19.0. The van der Waals surface area contributed by atoms with E-state index in [-0.39, 0.29) is 10.6 Å². The van der Waals surface area contributed by atoms with Gasteiger partial charge in [0.25, 0.3) is 10.0 Å². The molecule has 3 aromatic rings. The minimum atomic E-state index is -4.67. The van der Waals surface area contributed by atoms with Crippen LogP contribution in [0.15, 0.2) is 70.0 Å². The lowest BCUT2D eigenvalue weighted by atomic mass is 10.1. The van der Waals surface area contributed by atoms with Gasteiger partial charge in [0.1, 0.15) is 6.29 Å². The van der Waals surface area contributed by atoms with E-state index >= 15 is 0 Å². The third-order valence-electron chi connectivity index (χ3n) is 3.95. The predicted octanol–water partition coefficient (Wildman–Crippen LogP) is 4.24. The van der Waals surface area contributed by atoms with E-state index in [0.717, 1.165) is 9.69 Å². The van der Waals surface area contributed by atoms with Gasteiger partial charge in [0.2, 0.25) is 0 Å². The van der Waals surface area contributed by atoms with Crippen molar-refractivity contribution in [3.05, 3.63) is 70.7 Å². The van der Waals surface area contributed by atoms with Gasteiger partial charge in [0.15, 0.2) is 0 Å². The SMILES string of the molecule is Cc1cc(Br)cc(S(=O)(=O)N(CP(=O)(O)O)c2cccc3ccccc23)c1. The second-order valence-corrected chi connectivity index (χ2v) is 10.5. The highest BCUT2D eigenvalue weighted by Crippen LogP contribution is 2.41. The maximum absolute atomic E-state index is 13.3. The van der Waals surface area contributed by atoms with Gasteiger partial charge in [-0.25, -0.2) is 8.42 Å². The second-order valence-electron chi connectivity index (χ2n) is 6.12. The molecule has 9 heteroatoms. The van der Waals surface area contributed by atoms with Crippen LogP contribution in [0.2, 0.25) is 0 Å². The molecule has 0 atom stereocenters. The molecule has 0 saturated carbocycles. The summed E-state index contributed by atoms with van der Waals surface area (Å²) < 4.78 is 39.7. The topological polar surface area (TPSA) is 94.9 Å². The van der Waals surface area contributed by atoms with E-state index in [1.807, 2.05) is 18.2 Å². The van der Waals surface area contributed by atoms with E-state index < -0.39 is 23.9 Å². The fourth-order valence-corrected chi connectivity index (χ4v) is 6.44. The average Bonchev–Trinajstić information content (AvgIpc) is 2.57. The van der Waals surface area contributed by atoms with Gasteiger partial charge >= 0.3 is 7.60 Å². The number of hydrogen-bond acceptors (Lipinski definition) is 3. The van der Waals surface area contributed by atoms with Gasteiger partial charge in [-0.1, -0.05) is 52.3 Å². The monoisotopic (exact) mass is 469 g/mol. The lowest BCUT2D eigenvalue weighted by Crippen LogP contribution is -2.32. The molecule has 0 fully saturated rings. The van der Waals surface area contributed by atoms with Crippen LogP contribution in [0, 0.1) is 6.92 Å². The highest BCUT2D eigenvalue weighted by Gasteiger charge is 2.32. The minimum Gasteiger partial charge on any atom is -0.323 e. The Labute approximate surface area is 165 Å². The maximum Gasteiger partial charge on any atom is 0.345 e. The molecule has 0 heterocycles. The van der Waals surface area contributed by atoms with E-state index in [1.165, 1.54) is 12.1 Å². The predicted molar refractivity (Wildman–Crippen MR) is 109 cm³/mol. The van der Waals surface area contributed by atoms with Gasteiger partial charge in [0.05, 0.1) is 10.6 Å². The van der Waals surface area contributed by atoms with Crippen molar-refractivity contribution in [3.8, 4) is 0 Å². The van der Waals surface area contributed by atoms with E-state index in [9.17, 15) is 22.8 Å². The van der Waals surface area contributed by atoms with Crippen molar-refractivity contribution < 1.29 is 22.8 Å². The Morgan fingerprint density at radius 2 is 1.70 bits per heavy atom. The lowest BCUT2D eigenvalue weighted by Gasteiger charge is -2.26. The molecule has 3 aromatic carbocycles. The van der Waals surface area contributed by atoms with Gasteiger partial charge < -0.3 is 9.79 Å². The number of halogens is 1. The molecule has 0 spiro atoms. The highest BCUT2D eigenvalue weighted by molar-refractivity contribution is 9.10. The molecule has 0 amide bonds. The summed E-state index contributed by atoms with van der Waals surface area (Å²) in [7, 11) is -8.88. The number of benzene rings is 3. The maximum atomic E-state index is 13.3. The number of aryl methyl sites for hydroxylation is 1. The summed E-state index contributed by atoms with van der Waals surface area (Å²) in [5.74, 6) is 0. The van der Waals surface area contributed by atoms with Gasteiger partial charge in [0, 0.05) is 9.86 Å². The van der Waals surface area contributed by atoms with Crippen molar-refractivity contribution in [2.24, 2.45) is 0 Å². The molecule has 0 radical (unpaired) electrons. The van der Waals surface area contributed by atoms with Crippen LogP contribution in [-0.2, 0) is 14.6 Å². The van der Waals surface area contributed by atoms with E-state index in [2.05, 4.69) is 15.9 Å². The molecule has 3 rings (SSSR count). The largest absolute Gasteiger partial charge is 0.345 e. The molecule has 142 valence electrons. The number of fused-ring (bicyclic) bond motifs is 1. The van der Waals surface area contributed by atoms with Gasteiger partial charge in [-0.15, -0.1) is 0 Å². The first-order valence-corrected chi connectivity index (χ1v) is 11.9. The number of anilines is 1. The molecule has 0 aliphatic rings. The molecule has 0 aliphatic carbocycles. The summed E-state index contributed by atoms with van der Waals surface area (Å²) >= 11 is 3.28. The molecule has 0 aliphatic heterocycles. The third-order valence-corrected chi connectivity index (χ3v) is 6.99. The smallest absolute Gasteiger partial charge is 0.323 e. The first kappa shape index (κ1) is 20.0. The van der Waals surface area contributed by atoms with Crippen LogP contribution >= 0.6 is 23.5 Å². The van der Waals surface area contributed by atoms with Crippen molar-refractivity contribution >= 4 is 50.0 Å². The van der Waals surface area contributed by atoms with E-state index in [4.69, 9.17) is 0 Å². The molecule has 0 unspecified atom stereocenters. The van der Waals surface area contributed by atoms with Crippen LogP contribution in [0.25, 0.3) is 10.8 Å². The molecule has 2 N–H and O–H groups in total. The van der Waals surface area contributed by atoms with Gasteiger partial charge in [-0.05, 0) is 42.1 Å². The summed E-state index contributed by atoms with van der Waals surface area (Å²) in [6, 6.07) is 16.7. The fourth-order valence-electron chi connectivity index (χ4n) is 2.85. The molecular formula is C18H17BrNO5PS. The Bertz CT molecular complexity index is 1130. The lowest BCUT2D eigenvalue weighted by molar-refractivity contribution is 0.373. The zero-order chi connectivity index (χ0) is 19.8. The summed E-state index contributed by atoms with van der Waals surface area (Å²) in [5, 5.41) is 1.36. The Hall–Kier alpha value is -1.70. The summed E-state index contributed by atoms with van der Waals surface area (Å²) in [5.41, 5.74) is 0.922. The Morgan fingerprint density at radius 3 is 2.37 bits per heavy atom. The van der Waals surface area contributed by atoms with E-state index in [0.29, 0.717) is 15.4 Å². The molecule has 0 saturated heterocycles. The normalized spacial score (nSPS) is 12.3. The number of hydrogen-bond donors (Lipinski definition) is 2. The summed E-state index contributed by atoms with van der Waals surface area (Å²) in [6.07, 6.45) is -0.950. The molecule has 6 nitrogen and oxygen atoms in total. The Kier molecular flexibility index (Phi) is 5.47. The molecule has 0 aromatic heterocycles. The number of rotatable bonds is 5. The molecule has 27 heavy (non-hydrogen) atoms. The van der Waals surface area contributed by atoms with E-state index in [1.54, 1.807) is 37.3 Å². The van der Waals surface area contributed by atoms with Crippen LogP contribution in [0.3, 0.4) is 0 Å². The first-order chi connectivity index (χ1) is 12.6. The van der Waals surface area contributed by atoms with Crippen LogP contribution in [0.5, 0.6) is 0 Å². The van der Waals surface area contributed by atoms with Crippen molar-refractivity contribution in [3.63, 3.8) is 0 Å². The molecular weight excluding hydrogens is 453 g/mol. The Morgan fingerprint density at radius 1 is 1.04 bits per heavy atom. The second kappa shape index (κ2) is 7.37. The van der Waals surface area contributed by atoms with Crippen LogP contribution < -0.4 is 4.31 Å². The zero-order valence-electron chi connectivity index (χ0n) is 14.3. The summed E-state index contributed by atoms with van der Waals surface area (Å²) in [6.45, 7) is 1.75. The highest BCUT2D eigenvalue weighted by atomic mass is 79.9. The number of nitrogens with zero attached hydrogens (tertiary/aromatic N) is 1. The standard InChI is InChI=1S/C18H17BrNO5PS/c1-13-9-15(19)11-16(10-13)27(24,25)20(12-26(21,22)23)18-8-4-6-14-5-2-3-7-17(14)18/h2-11H,12H2,1H3,(H2,21,22,23). The molecule has 0 bridgehead atoms. The van der Waals surface area contributed by atoms with Crippen LogP contribution in [0.4, 0.5) is 5.69 Å². The zero-order valence-corrected chi connectivity index (χ0v) is 17.6. The van der Waals surface area contributed by atoms with Crippen molar-refractivity contribution in [2.45, 2.75) is 11.8 Å². The average molecular weight is 470 g/mol. The fraction of sp³-hybridized carbons (Fsp3) is 0.111. The van der Waals surface area contributed by atoms with Crippen LogP contribution in [-0.4, -0.2) is 24.5 Å². The van der Waals surface area contributed by atoms with Crippen molar-refractivity contribution in [1.82, 2.24) is 0 Å². The van der Waals surface area contributed by atoms with Crippen LogP contribution in [0.1, 0.15) is 5.56 Å². The third kappa shape index (κ3) is 4.42. The Balaban J connectivity index is 2.26. The quantitative estimate of drug-likeness (QED) is 0.544. The van der Waals surface area contributed by atoms with Crippen molar-refractivity contribution in [1.29, 1.82) is 0 Å². The van der Waals surface area contributed by atoms with Crippen molar-refractivity contribution in [2.75, 3.05) is 10.6 Å².